The van der Waals surface area contributed by atoms with Gasteiger partial charge in [0.2, 0.25) is 5.91 Å². The average Bonchev–Trinajstić information content (AvgIpc) is 2.89. The molecule has 0 aliphatic heterocycles. The van der Waals surface area contributed by atoms with Gasteiger partial charge >= 0.3 is 0 Å². The van der Waals surface area contributed by atoms with Crippen LogP contribution in [-0.4, -0.2) is 15.9 Å². The topological polar surface area (TPSA) is 59.3 Å². The molecular weight excluding hydrogens is 298 g/mol. The van der Waals surface area contributed by atoms with E-state index < -0.39 is 10.8 Å². The SMILES string of the molecule is O=C(CS(=O)Cc1cccc(Cl)c1)NCc1ccco1. The molecule has 0 aliphatic rings. The molecule has 4 nitrogen and oxygen atoms in total. The molecule has 1 atom stereocenters. The zero-order chi connectivity index (χ0) is 14.4. The second-order valence-corrected chi connectivity index (χ2v) is 6.11. The smallest absolute Gasteiger partial charge is 0.233 e. The van der Waals surface area contributed by atoms with Gasteiger partial charge < -0.3 is 9.73 Å². The van der Waals surface area contributed by atoms with Crippen LogP contribution in [0.2, 0.25) is 5.02 Å². The maximum absolute atomic E-state index is 11.9. The third kappa shape index (κ3) is 4.83. The Kier molecular flexibility index (Phi) is 5.38. The maximum atomic E-state index is 11.9. The molecule has 1 aromatic heterocycles. The first-order valence-corrected chi connectivity index (χ1v) is 7.88. The molecule has 106 valence electrons. The van der Waals surface area contributed by atoms with Crippen molar-refractivity contribution in [2.45, 2.75) is 12.3 Å². The number of carbonyl (C=O) groups is 1. The summed E-state index contributed by atoms with van der Waals surface area (Å²) in [4.78, 5) is 11.6. The Morgan fingerprint density at radius 3 is 2.85 bits per heavy atom. The summed E-state index contributed by atoms with van der Waals surface area (Å²) in [6, 6.07) is 10.7. The van der Waals surface area contributed by atoms with Crippen molar-refractivity contribution in [1.29, 1.82) is 0 Å². The minimum Gasteiger partial charge on any atom is -0.467 e. The van der Waals surface area contributed by atoms with Crippen molar-refractivity contribution in [3.05, 3.63) is 59.0 Å². The van der Waals surface area contributed by atoms with E-state index in [0.29, 0.717) is 23.1 Å². The van der Waals surface area contributed by atoms with Gasteiger partial charge in [0.25, 0.3) is 0 Å². The fraction of sp³-hybridized carbons (Fsp3) is 0.214. The number of halogens is 1. The van der Waals surface area contributed by atoms with E-state index in [2.05, 4.69) is 5.32 Å². The molecule has 0 aliphatic carbocycles. The highest BCUT2D eigenvalue weighted by molar-refractivity contribution is 7.84. The standard InChI is InChI=1S/C14H14ClNO3S/c15-12-4-1-3-11(7-12)9-20(18)10-14(17)16-8-13-5-2-6-19-13/h1-7H,8-10H2,(H,16,17). The lowest BCUT2D eigenvalue weighted by atomic mass is 10.2. The minimum atomic E-state index is -1.26. The van der Waals surface area contributed by atoms with Crippen LogP contribution in [0.15, 0.2) is 47.1 Å². The summed E-state index contributed by atoms with van der Waals surface area (Å²) in [5.41, 5.74) is 0.856. The normalized spacial score (nSPS) is 12.1. The van der Waals surface area contributed by atoms with Crippen LogP contribution in [0.25, 0.3) is 0 Å². The molecule has 6 heteroatoms. The minimum absolute atomic E-state index is 0.0345. The number of hydrogen-bond donors (Lipinski definition) is 1. The van der Waals surface area contributed by atoms with Gasteiger partial charge in [-0.05, 0) is 29.8 Å². The van der Waals surface area contributed by atoms with Crippen LogP contribution < -0.4 is 5.32 Å². The highest BCUT2D eigenvalue weighted by Crippen LogP contribution is 2.12. The molecule has 0 saturated carbocycles. The quantitative estimate of drug-likeness (QED) is 0.891. The molecule has 0 fully saturated rings. The number of benzene rings is 1. The molecule has 2 rings (SSSR count). The molecule has 0 radical (unpaired) electrons. The predicted octanol–water partition coefficient (Wildman–Crippen LogP) is 2.50. The number of hydrogen-bond acceptors (Lipinski definition) is 3. The Hall–Kier alpha value is -1.59. The van der Waals surface area contributed by atoms with Crippen LogP contribution in [0, 0.1) is 0 Å². The van der Waals surface area contributed by atoms with E-state index in [0.717, 1.165) is 5.56 Å². The van der Waals surface area contributed by atoms with Gasteiger partial charge in [0, 0.05) is 21.6 Å². The molecule has 0 bridgehead atoms. The van der Waals surface area contributed by atoms with E-state index >= 15 is 0 Å². The second-order valence-electron chi connectivity index (χ2n) is 4.21. The van der Waals surface area contributed by atoms with Crippen molar-refractivity contribution in [2.24, 2.45) is 0 Å². The summed E-state index contributed by atoms with van der Waals surface area (Å²) in [6.45, 7) is 0.306. The monoisotopic (exact) mass is 311 g/mol. The van der Waals surface area contributed by atoms with Crippen LogP contribution in [0.1, 0.15) is 11.3 Å². The first-order chi connectivity index (χ1) is 9.63. The van der Waals surface area contributed by atoms with Crippen molar-refractivity contribution in [3.63, 3.8) is 0 Å². The van der Waals surface area contributed by atoms with E-state index in [1.165, 1.54) is 0 Å². The molecular formula is C14H14ClNO3S. The van der Waals surface area contributed by atoms with E-state index in [1.807, 2.05) is 6.07 Å². The molecule has 1 N–H and O–H groups in total. The summed E-state index contributed by atoms with van der Waals surface area (Å²) in [5.74, 6) is 0.683. The first kappa shape index (κ1) is 14.8. The van der Waals surface area contributed by atoms with Crippen LogP contribution >= 0.6 is 11.6 Å². The van der Waals surface area contributed by atoms with E-state index in [4.69, 9.17) is 16.0 Å². The summed E-state index contributed by atoms with van der Waals surface area (Å²) in [5, 5.41) is 3.26. The number of carbonyl (C=O) groups excluding carboxylic acids is 1. The van der Waals surface area contributed by atoms with Gasteiger partial charge in [0.1, 0.15) is 11.5 Å². The van der Waals surface area contributed by atoms with Crippen LogP contribution in [-0.2, 0) is 27.9 Å². The lowest BCUT2D eigenvalue weighted by molar-refractivity contribution is -0.118. The van der Waals surface area contributed by atoms with Crippen LogP contribution in [0.4, 0.5) is 0 Å². The summed E-state index contributed by atoms with van der Waals surface area (Å²) in [6.07, 6.45) is 1.54. The van der Waals surface area contributed by atoms with Gasteiger partial charge in [-0.3, -0.25) is 9.00 Å². The lowest BCUT2D eigenvalue weighted by Crippen LogP contribution is -2.28. The second kappa shape index (κ2) is 7.26. The Morgan fingerprint density at radius 1 is 1.30 bits per heavy atom. The van der Waals surface area contributed by atoms with Crippen molar-refractivity contribution >= 4 is 28.3 Å². The molecule has 1 amide bonds. The van der Waals surface area contributed by atoms with Crippen molar-refractivity contribution in [1.82, 2.24) is 5.32 Å². The predicted molar refractivity (Wildman–Crippen MR) is 78.7 cm³/mol. The average molecular weight is 312 g/mol. The third-order valence-corrected chi connectivity index (χ3v) is 4.02. The molecule has 0 saturated heterocycles. The maximum Gasteiger partial charge on any atom is 0.233 e. The Balaban J connectivity index is 1.77. The zero-order valence-electron chi connectivity index (χ0n) is 10.7. The largest absolute Gasteiger partial charge is 0.467 e. The summed E-state index contributed by atoms with van der Waals surface area (Å²) < 4.78 is 17.0. The third-order valence-electron chi connectivity index (χ3n) is 2.55. The van der Waals surface area contributed by atoms with Gasteiger partial charge in [-0.15, -0.1) is 0 Å². The molecule has 1 unspecified atom stereocenters. The molecule has 1 heterocycles. The number of amides is 1. The van der Waals surface area contributed by atoms with Crippen LogP contribution in [0.5, 0.6) is 0 Å². The summed E-state index contributed by atoms with van der Waals surface area (Å²) in [7, 11) is -1.26. The van der Waals surface area contributed by atoms with Gasteiger partial charge in [-0.1, -0.05) is 23.7 Å². The highest BCUT2D eigenvalue weighted by atomic mass is 35.5. The Bertz CT molecular complexity index is 598. The van der Waals surface area contributed by atoms with E-state index in [1.54, 1.807) is 36.6 Å². The highest BCUT2D eigenvalue weighted by Gasteiger charge is 2.09. The first-order valence-electron chi connectivity index (χ1n) is 6.02. The van der Waals surface area contributed by atoms with Crippen molar-refractivity contribution in [2.75, 3.05) is 5.75 Å². The van der Waals surface area contributed by atoms with E-state index in [-0.39, 0.29) is 11.7 Å². The van der Waals surface area contributed by atoms with Crippen LogP contribution in [0.3, 0.4) is 0 Å². The van der Waals surface area contributed by atoms with Gasteiger partial charge in [-0.25, -0.2) is 0 Å². The van der Waals surface area contributed by atoms with Gasteiger partial charge in [0.05, 0.1) is 12.8 Å². The number of nitrogens with one attached hydrogen (secondary N) is 1. The number of furan rings is 1. The lowest BCUT2D eigenvalue weighted by Gasteiger charge is -2.04. The summed E-state index contributed by atoms with van der Waals surface area (Å²) >= 11 is 5.85. The zero-order valence-corrected chi connectivity index (χ0v) is 12.2. The Labute approximate surface area is 124 Å². The van der Waals surface area contributed by atoms with Gasteiger partial charge in [-0.2, -0.15) is 0 Å². The molecule has 0 spiro atoms. The van der Waals surface area contributed by atoms with E-state index in [9.17, 15) is 9.00 Å². The number of rotatable bonds is 6. The Morgan fingerprint density at radius 2 is 2.15 bits per heavy atom. The fourth-order valence-corrected chi connectivity index (χ4v) is 2.92. The van der Waals surface area contributed by atoms with Gasteiger partial charge in [0.15, 0.2) is 0 Å². The van der Waals surface area contributed by atoms with Crippen molar-refractivity contribution < 1.29 is 13.4 Å². The molecule has 2 aromatic rings. The van der Waals surface area contributed by atoms with Crippen molar-refractivity contribution in [3.8, 4) is 0 Å². The fourth-order valence-electron chi connectivity index (χ4n) is 1.66. The molecule has 1 aromatic carbocycles. The molecule has 20 heavy (non-hydrogen) atoms.